The second-order valence-corrected chi connectivity index (χ2v) is 7.56. The van der Waals surface area contributed by atoms with Crippen molar-refractivity contribution in [2.45, 2.75) is 6.92 Å². The Balaban J connectivity index is 1.49. The van der Waals surface area contributed by atoms with Gasteiger partial charge in [0.1, 0.15) is 11.9 Å². The standard InChI is InChI=1S/C26H21N5O5/c1-2-35-24-13-17(12-18(15-27)26-29-21-8-3-4-9-22(21)30-26)10-11-23(24)36-16-25(32)28-19-6-5-7-20(14-19)31(33)34/h3-14H,2,16H2,1H3,(H,28,32)(H,29,30). The molecule has 0 saturated carbocycles. The van der Waals surface area contributed by atoms with E-state index in [-0.39, 0.29) is 18.0 Å². The summed E-state index contributed by atoms with van der Waals surface area (Å²) in [6.45, 7) is 1.84. The summed E-state index contributed by atoms with van der Waals surface area (Å²) in [6.07, 6.45) is 1.68. The molecule has 36 heavy (non-hydrogen) atoms. The Labute approximate surface area is 206 Å². The Hall–Kier alpha value is -5.17. The molecule has 0 aliphatic carbocycles. The molecule has 10 heteroatoms. The predicted molar refractivity (Wildman–Crippen MR) is 134 cm³/mol. The second kappa shape index (κ2) is 10.8. The Morgan fingerprint density at radius 1 is 1.14 bits per heavy atom. The summed E-state index contributed by atoms with van der Waals surface area (Å²) in [4.78, 5) is 30.3. The quantitative estimate of drug-likeness (QED) is 0.195. The number of amides is 1. The lowest BCUT2D eigenvalue weighted by molar-refractivity contribution is -0.384. The topological polar surface area (TPSA) is 143 Å². The number of fused-ring (bicyclic) bond motifs is 1. The normalized spacial score (nSPS) is 11.1. The molecule has 0 unspecified atom stereocenters. The molecule has 0 spiro atoms. The van der Waals surface area contributed by atoms with Gasteiger partial charge in [-0.2, -0.15) is 5.26 Å². The van der Waals surface area contributed by atoms with Gasteiger partial charge in [0.05, 0.1) is 28.1 Å². The van der Waals surface area contributed by atoms with Crippen LogP contribution in [0.3, 0.4) is 0 Å². The number of rotatable bonds is 9. The van der Waals surface area contributed by atoms with E-state index in [1.165, 1.54) is 18.2 Å². The first kappa shape index (κ1) is 24.0. The van der Waals surface area contributed by atoms with Crippen molar-refractivity contribution in [3.63, 3.8) is 0 Å². The lowest BCUT2D eigenvalue weighted by Gasteiger charge is -2.13. The van der Waals surface area contributed by atoms with E-state index in [2.05, 4.69) is 21.4 Å². The maximum Gasteiger partial charge on any atom is 0.271 e. The van der Waals surface area contributed by atoms with Crippen molar-refractivity contribution in [3.8, 4) is 17.6 Å². The van der Waals surface area contributed by atoms with E-state index in [1.807, 2.05) is 31.2 Å². The van der Waals surface area contributed by atoms with Crippen LogP contribution in [-0.2, 0) is 4.79 Å². The summed E-state index contributed by atoms with van der Waals surface area (Å²) in [6, 6.07) is 20.4. The summed E-state index contributed by atoms with van der Waals surface area (Å²) >= 11 is 0. The number of nitrogens with zero attached hydrogens (tertiary/aromatic N) is 3. The largest absolute Gasteiger partial charge is 0.490 e. The van der Waals surface area contributed by atoms with Crippen LogP contribution in [-0.4, -0.2) is 34.0 Å². The molecule has 0 saturated heterocycles. The number of nitro benzene ring substituents is 1. The number of nitro groups is 1. The lowest BCUT2D eigenvalue weighted by atomic mass is 10.1. The molecule has 4 rings (SSSR count). The van der Waals surface area contributed by atoms with Crippen molar-refractivity contribution in [3.05, 3.63) is 88.2 Å². The number of para-hydroxylation sites is 2. The highest BCUT2D eigenvalue weighted by atomic mass is 16.6. The number of aromatic amines is 1. The number of ether oxygens (including phenoxy) is 2. The van der Waals surface area contributed by atoms with Gasteiger partial charge in [0.2, 0.25) is 0 Å². The molecule has 0 bridgehead atoms. The molecule has 0 aliphatic heterocycles. The van der Waals surface area contributed by atoms with Crippen LogP contribution in [0.4, 0.5) is 11.4 Å². The highest BCUT2D eigenvalue weighted by Crippen LogP contribution is 2.30. The van der Waals surface area contributed by atoms with Crippen molar-refractivity contribution in [2.75, 3.05) is 18.5 Å². The minimum absolute atomic E-state index is 0.129. The molecule has 1 amide bonds. The van der Waals surface area contributed by atoms with Gasteiger partial charge in [-0.05, 0) is 48.9 Å². The Kier molecular flexibility index (Phi) is 7.22. The van der Waals surface area contributed by atoms with E-state index in [9.17, 15) is 20.2 Å². The van der Waals surface area contributed by atoms with Crippen LogP contribution in [0.5, 0.6) is 11.5 Å². The van der Waals surface area contributed by atoms with Crippen molar-refractivity contribution >= 4 is 40.0 Å². The predicted octanol–water partition coefficient (Wildman–Crippen LogP) is 4.95. The molecule has 10 nitrogen and oxygen atoms in total. The van der Waals surface area contributed by atoms with Crippen LogP contribution >= 0.6 is 0 Å². The summed E-state index contributed by atoms with van der Waals surface area (Å²) in [5.74, 6) is 0.704. The van der Waals surface area contributed by atoms with Crippen LogP contribution < -0.4 is 14.8 Å². The minimum Gasteiger partial charge on any atom is -0.490 e. The van der Waals surface area contributed by atoms with Gasteiger partial charge >= 0.3 is 0 Å². The SMILES string of the molecule is CCOc1cc(C=C(C#N)c2nc3ccccc3[nH]2)ccc1OCC(=O)Nc1cccc([N+](=O)[O-])c1. The number of carbonyl (C=O) groups excluding carboxylic acids is 1. The molecule has 1 heterocycles. The first-order valence-corrected chi connectivity index (χ1v) is 11.0. The van der Waals surface area contributed by atoms with Gasteiger partial charge in [-0.3, -0.25) is 14.9 Å². The van der Waals surface area contributed by atoms with Crippen LogP contribution in [0.25, 0.3) is 22.7 Å². The molecule has 0 fully saturated rings. The monoisotopic (exact) mass is 483 g/mol. The van der Waals surface area contributed by atoms with Gasteiger partial charge in [0.15, 0.2) is 18.1 Å². The van der Waals surface area contributed by atoms with E-state index < -0.39 is 10.8 Å². The zero-order chi connectivity index (χ0) is 25.5. The van der Waals surface area contributed by atoms with Gasteiger partial charge < -0.3 is 19.8 Å². The smallest absolute Gasteiger partial charge is 0.271 e. The van der Waals surface area contributed by atoms with E-state index in [4.69, 9.17) is 9.47 Å². The highest BCUT2D eigenvalue weighted by Gasteiger charge is 2.13. The van der Waals surface area contributed by atoms with Crippen molar-refractivity contribution in [1.29, 1.82) is 5.26 Å². The third kappa shape index (κ3) is 5.66. The fourth-order valence-electron chi connectivity index (χ4n) is 3.44. The van der Waals surface area contributed by atoms with Gasteiger partial charge in [0, 0.05) is 17.8 Å². The summed E-state index contributed by atoms with van der Waals surface area (Å²) < 4.78 is 11.3. The van der Waals surface area contributed by atoms with Gasteiger partial charge in [0.25, 0.3) is 11.6 Å². The summed E-state index contributed by atoms with van der Waals surface area (Å²) in [5, 5.41) is 23.2. The first-order valence-electron chi connectivity index (χ1n) is 11.0. The third-order valence-electron chi connectivity index (χ3n) is 5.04. The summed E-state index contributed by atoms with van der Waals surface area (Å²) in [5.41, 5.74) is 2.78. The van der Waals surface area contributed by atoms with E-state index in [0.29, 0.717) is 35.1 Å². The molecule has 3 aromatic carbocycles. The molecule has 1 aromatic heterocycles. The van der Waals surface area contributed by atoms with E-state index in [1.54, 1.807) is 30.3 Å². The lowest BCUT2D eigenvalue weighted by Crippen LogP contribution is -2.20. The van der Waals surface area contributed by atoms with E-state index in [0.717, 1.165) is 11.0 Å². The molecule has 0 atom stereocenters. The number of benzene rings is 3. The Morgan fingerprint density at radius 3 is 2.72 bits per heavy atom. The molecule has 2 N–H and O–H groups in total. The first-order chi connectivity index (χ1) is 17.5. The fraction of sp³-hybridized carbons (Fsp3) is 0.115. The van der Waals surface area contributed by atoms with Crippen LogP contribution in [0.2, 0.25) is 0 Å². The number of imidazole rings is 1. The zero-order valence-corrected chi connectivity index (χ0v) is 19.2. The molecule has 180 valence electrons. The minimum atomic E-state index is -0.539. The summed E-state index contributed by atoms with van der Waals surface area (Å²) in [7, 11) is 0. The zero-order valence-electron chi connectivity index (χ0n) is 19.2. The van der Waals surface area contributed by atoms with Gasteiger partial charge in [-0.15, -0.1) is 0 Å². The van der Waals surface area contributed by atoms with Crippen LogP contribution in [0, 0.1) is 21.4 Å². The van der Waals surface area contributed by atoms with Crippen LogP contribution in [0.15, 0.2) is 66.7 Å². The number of allylic oxidation sites excluding steroid dienone is 1. The molecular formula is C26H21N5O5. The molecule has 0 aliphatic rings. The number of nitrogens with one attached hydrogen (secondary N) is 2. The maximum absolute atomic E-state index is 12.3. The number of carbonyl (C=O) groups is 1. The Morgan fingerprint density at radius 2 is 1.97 bits per heavy atom. The van der Waals surface area contributed by atoms with Crippen molar-refractivity contribution in [2.24, 2.45) is 0 Å². The van der Waals surface area contributed by atoms with Gasteiger partial charge in [-0.1, -0.05) is 24.3 Å². The Bertz CT molecular complexity index is 1470. The van der Waals surface area contributed by atoms with Crippen molar-refractivity contribution < 1.29 is 19.2 Å². The number of non-ortho nitro benzene ring substituents is 1. The average molecular weight is 483 g/mol. The molecular weight excluding hydrogens is 462 g/mol. The average Bonchev–Trinajstić information content (AvgIpc) is 3.31. The van der Waals surface area contributed by atoms with Crippen molar-refractivity contribution in [1.82, 2.24) is 9.97 Å². The maximum atomic E-state index is 12.3. The molecule has 0 radical (unpaired) electrons. The number of hydrogen-bond acceptors (Lipinski definition) is 7. The van der Waals surface area contributed by atoms with E-state index >= 15 is 0 Å². The second-order valence-electron chi connectivity index (χ2n) is 7.56. The number of nitriles is 1. The van der Waals surface area contributed by atoms with Crippen LogP contribution in [0.1, 0.15) is 18.3 Å². The number of aromatic nitrogens is 2. The van der Waals surface area contributed by atoms with Gasteiger partial charge in [-0.25, -0.2) is 4.98 Å². The molecule has 4 aromatic rings. The number of hydrogen-bond donors (Lipinski definition) is 2. The third-order valence-corrected chi connectivity index (χ3v) is 5.04. The fourth-order valence-corrected chi connectivity index (χ4v) is 3.44. The highest BCUT2D eigenvalue weighted by molar-refractivity contribution is 5.92. The number of H-pyrrole nitrogens is 1. The number of anilines is 1.